The van der Waals surface area contributed by atoms with Crippen LogP contribution in [-0.4, -0.2) is 25.5 Å². The van der Waals surface area contributed by atoms with Gasteiger partial charge in [0.1, 0.15) is 10.8 Å². The van der Waals surface area contributed by atoms with E-state index in [0.29, 0.717) is 34.5 Å². The van der Waals surface area contributed by atoms with Gasteiger partial charge in [-0.2, -0.15) is 10.2 Å². The van der Waals surface area contributed by atoms with E-state index in [1.54, 1.807) is 41.2 Å². The molecule has 0 saturated carbocycles. The molecule has 0 aliphatic heterocycles. The number of rotatable bonds is 6. The predicted octanol–water partition coefficient (Wildman–Crippen LogP) is 5.60. The molecule has 7 nitrogen and oxygen atoms in total. The van der Waals surface area contributed by atoms with Crippen LogP contribution in [0.25, 0.3) is 0 Å². The van der Waals surface area contributed by atoms with Gasteiger partial charge in [-0.25, -0.2) is 0 Å². The van der Waals surface area contributed by atoms with Gasteiger partial charge < -0.3 is 9.73 Å². The summed E-state index contributed by atoms with van der Waals surface area (Å²) in [4.78, 5) is 12.6. The molecule has 3 aromatic heterocycles. The molecule has 31 heavy (non-hydrogen) atoms. The normalized spacial score (nSPS) is 11.1. The van der Waals surface area contributed by atoms with E-state index in [1.807, 2.05) is 24.6 Å². The van der Waals surface area contributed by atoms with E-state index in [4.69, 9.17) is 39.2 Å². The second-order valence-corrected chi connectivity index (χ2v) is 8.25. The first-order valence-electron chi connectivity index (χ1n) is 9.37. The van der Waals surface area contributed by atoms with Crippen LogP contribution in [-0.2, 0) is 13.1 Å². The Morgan fingerprint density at radius 1 is 1.03 bits per heavy atom. The van der Waals surface area contributed by atoms with Gasteiger partial charge in [-0.1, -0.05) is 40.9 Å². The van der Waals surface area contributed by atoms with Gasteiger partial charge in [-0.05, 0) is 44.2 Å². The number of furan rings is 1. The maximum Gasteiger partial charge on any atom is 0.292 e. The highest BCUT2D eigenvalue weighted by molar-refractivity contribution is 6.36. The summed E-state index contributed by atoms with van der Waals surface area (Å²) in [5.41, 5.74) is 2.64. The molecule has 0 saturated heterocycles. The molecule has 0 aliphatic rings. The molecule has 0 aliphatic carbocycles. The Kier molecular flexibility index (Phi) is 6.09. The average Bonchev–Trinajstić information content (AvgIpc) is 3.39. The third-order valence-corrected chi connectivity index (χ3v) is 5.61. The molecule has 4 rings (SSSR count). The number of hydrogen-bond donors (Lipinski definition) is 1. The first-order chi connectivity index (χ1) is 14.8. The van der Waals surface area contributed by atoms with Gasteiger partial charge in [0, 0.05) is 27.5 Å². The summed E-state index contributed by atoms with van der Waals surface area (Å²) in [5, 5.41) is 12.7. The average molecular weight is 479 g/mol. The zero-order valence-corrected chi connectivity index (χ0v) is 19.0. The minimum Gasteiger partial charge on any atom is -0.454 e. The van der Waals surface area contributed by atoms with Crippen molar-refractivity contribution in [2.24, 2.45) is 0 Å². The van der Waals surface area contributed by atoms with Gasteiger partial charge in [0.15, 0.2) is 11.6 Å². The second-order valence-electron chi connectivity index (χ2n) is 7.03. The summed E-state index contributed by atoms with van der Waals surface area (Å²) in [6.07, 6.45) is 1.59. The van der Waals surface area contributed by atoms with E-state index < -0.39 is 5.91 Å². The highest BCUT2D eigenvalue weighted by atomic mass is 35.5. The number of carbonyl (C=O) groups excluding carboxylic acids is 1. The first kappa shape index (κ1) is 21.5. The molecule has 0 spiro atoms. The SMILES string of the molecule is Cc1cc(C)n(Cc2ccc(C(=O)Nc3nn(Cc4c(Cl)cccc4Cl)cc3Cl)o2)n1. The lowest BCUT2D eigenvalue weighted by Crippen LogP contribution is -2.12. The van der Waals surface area contributed by atoms with Crippen LogP contribution in [0.5, 0.6) is 0 Å². The molecular formula is C21H18Cl3N5O2. The minimum atomic E-state index is -0.456. The fourth-order valence-electron chi connectivity index (χ4n) is 3.14. The molecule has 0 unspecified atom stereocenters. The maximum atomic E-state index is 12.6. The fraction of sp³-hybridized carbons (Fsp3) is 0.190. The van der Waals surface area contributed by atoms with Crippen molar-refractivity contribution in [3.63, 3.8) is 0 Å². The van der Waals surface area contributed by atoms with Crippen LogP contribution in [0, 0.1) is 13.8 Å². The van der Waals surface area contributed by atoms with Crippen molar-refractivity contribution in [2.75, 3.05) is 5.32 Å². The number of benzene rings is 1. The van der Waals surface area contributed by atoms with Crippen LogP contribution in [0.4, 0.5) is 5.82 Å². The molecule has 0 radical (unpaired) electrons. The molecule has 1 amide bonds. The van der Waals surface area contributed by atoms with E-state index in [2.05, 4.69) is 15.5 Å². The Morgan fingerprint density at radius 2 is 1.77 bits per heavy atom. The summed E-state index contributed by atoms with van der Waals surface area (Å²) < 4.78 is 9.04. The Hall–Kier alpha value is -2.74. The number of nitrogens with one attached hydrogen (secondary N) is 1. The van der Waals surface area contributed by atoms with Crippen molar-refractivity contribution in [3.05, 3.63) is 86.1 Å². The van der Waals surface area contributed by atoms with Gasteiger partial charge in [0.2, 0.25) is 0 Å². The number of halogens is 3. The van der Waals surface area contributed by atoms with Crippen molar-refractivity contribution < 1.29 is 9.21 Å². The largest absolute Gasteiger partial charge is 0.454 e. The summed E-state index contributed by atoms with van der Waals surface area (Å²) in [6.45, 7) is 4.63. The van der Waals surface area contributed by atoms with Crippen LogP contribution in [0.3, 0.4) is 0 Å². The van der Waals surface area contributed by atoms with E-state index >= 15 is 0 Å². The summed E-state index contributed by atoms with van der Waals surface area (Å²) >= 11 is 18.7. The van der Waals surface area contributed by atoms with Crippen molar-refractivity contribution in [1.82, 2.24) is 19.6 Å². The van der Waals surface area contributed by atoms with E-state index in [0.717, 1.165) is 11.4 Å². The zero-order valence-electron chi connectivity index (χ0n) is 16.7. The third kappa shape index (κ3) is 4.79. The van der Waals surface area contributed by atoms with Crippen LogP contribution in [0.1, 0.15) is 33.3 Å². The Morgan fingerprint density at radius 3 is 2.45 bits per heavy atom. The zero-order chi connectivity index (χ0) is 22.1. The fourth-order valence-corrected chi connectivity index (χ4v) is 3.86. The predicted molar refractivity (Wildman–Crippen MR) is 120 cm³/mol. The Balaban J connectivity index is 1.46. The highest BCUT2D eigenvalue weighted by Gasteiger charge is 2.17. The van der Waals surface area contributed by atoms with Gasteiger partial charge in [0.25, 0.3) is 5.91 Å². The number of amides is 1. The quantitative estimate of drug-likeness (QED) is 0.391. The number of carbonyl (C=O) groups is 1. The molecular weight excluding hydrogens is 461 g/mol. The molecule has 10 heteroatoms. The van der Waals surface area contributed by atoms with Gasteiger partial charge >= 0.3 is 0 Å². The van der Waals surface area contributed by atoms with Crippen molar-refractivity contribution >= 4 is 46.5 Å². The van der Waals surface area contributed by atoms with Crippen LogP contribution in [0.2, 0.25) is 15.1 Å². The van der Waals surface area contributed by atoms with Crippen LogP contribution >= 0.6 is 34.8 Å². The maximum absolute atomic E-state index is 12.6. The standard InChI is InChI=1S/C21H18Cl3N5O2/c1-12-8-13(2)29(26-12)9-14-6-7-19(31-14)21(30)25-20-18(24)11-28(27-20)10-15-16(22)4-3-5-17(15)23/h3-8,11H,9-10H2,1-2H3,(H,25,27,30). The van der Waals surface area contributed by atoms with Crippen molar-refractivity contribution in [1.29, 1.82) is 0 Å². The van der Waals surface area contributed by atoms with Gasteiger partial charge in [-0.15, -0.1) is 0 Å². The van der Waals surface area contributed by atoms with Gasteiger partial charge in [0.05, 0.1) is 18.8 Å². The molecule has 1 aromatic carbocycles. The summed E-state index contributed by atoms with van der Waals surface area (Å²) in [5.74, 6) is 0.520. The molecule has 0 bridgehead atoms. The lowest BCUT2D eigenvalue weighted by Gasteiger charge is -2.06. The molecule has 0 atom stereocenters. The number of aromatic nitrogens is 4. The van der Waals surface area contributed by atoms with E-state index in [9.17, 15) is 4.79 Å². The van der Waals surface area contributed by atoms with Crippen molar-refractivity contribution in [2.45, 2.75) is 26.9 Å². The van der Waals surface area contributed by atoms with Crippen LogP contribution in [0.15, 0.2) is 47.0 Å². The molecule has 0 fully saturated rings. The first-order valence-corrected chi connectivity index (χ1v) is 10.5. The van der Waals surface area contributed by atoms with E-state index in [-0.39, 0.29) is 16.6 Å². The van der Waals surface area contributed by atoms with Gasteiger partial charge in [-0.3, -0.25) is 14.2 Å². The minimum absolute atomic E-state index is 0.149. The van der Waals surface area contributed by atoms with E-state index in [1.165, 1.54) is 0 Å². The smallest absolute Gasteiger partial charge is 0.292 e. The lowest BCUT2D eigenvalue weighted by molar-refractivity contribution is 0.0994. The highest BCUT2D eigenvalue weighted by Crippen LogP contribution is 2.27. The number of nitrogens with zero attached hydrogens (tertiary/aromatic N) is 4. The monoisotopic (exact) mass is 477 g/mol. The molecule has 4 aromatic rings. The Bertz CT molecular complexity index is 1240. The Labute approximate surface area is 193 Å². The third-order valence-electron chi connectivity index (χ3n) is 4.63. The molecule has 3 heterocycles. The lowest BCUT2D eigenvalue weighted by atomic mass is 10.2. The number of aryl methyl sites for hydroxylation is 2. The number of hydrogen-bond acceptors (Lipinski definition) is 4. The second kappa shape index (κ2) is 8.78. The van der Waals surface area contributed by atoms with Crippen molar-refractivity contribution in [3.8, 4) is 0 Å². The summed E-state index contributed by atoms with van der Waals surface area (Å²) in [7, 11) is 0. The number of anilines is 1. The van der Waals surface area contributed by atoms with Crippen LogP contribution < -0.4 is 5.32 Å². The summed E-state index contributed by atoms with van der Waals surface area (Å²) in [6, 6.07) is 10.6. The molecule has 160 valence electrons. The topological polar surface area (TPSA) is 77.9 Å². The molecule has 1 N–H and O–H groups in total.